The number of hydrogen-bond acceptors (Lipinski definition) is 3. The first-order valence-corrected chi connectivity index (χ1v) is 9.09. The van der Waals surface area contributed by atoms with Crippen LogP contribution in [0.2, 0.25) is 0 Å². The molecule has 6 heteroatoms. The molecule has 3 rings (SSSR count). The molecule has 1 aliphatic rings. The third kappa shape index (κ3) is 3.04. The number of halogens is 1. The number of hydrogen-bond donors (Lipinski definition) is 1. The second-order valence-corrected chi connectivity index (χ2v) is 7.71. The lowest BCUT2D eigenvalue weighted by atomic mass is 10.0. The van der Waals surface area contributed by atoms with Crippen LogP contribution in [0.15, 0.2) is 45.8 Å². The molecule has 22 heavy (non-hydrogen) atoms. The van der Waals surface area contributed by atoms with Crippen LogP contribution in [0.1, 0.15) is 16.7 Å². The normalized spacial score (nSPS) is 17.1. The standard InChI is InChI=1S/C16H15BrO4S/c1-10-5-6-15(22(18,19)20)12(7-10)9-13-8-11-3-2-4-14(17)16(11)21-13/h2-7,13H,8-9H2,1H3,(H,18,19,20). The zero-order chi connectivity index (χ0) is 15.9. The first-order chi connectivity index (χ1) is 10.3. The second kappa shape index (κ2) is 5.68. The van der Waals surface area contributed by atoms with E-state index in [1.807, 2.05) is 25.1 Å². The Morgan fingerprint density at radius 2 is 2.09 bits per heavy atom. The molecule has 0 amide bonds. The zero-order valence-electron chi connectivity index (χ0n) is 11.9. The van der Waals surface area contributed by atoms with Crippen LogP contribution in [0.25, 0.3) is 0 Å². The van der Waals surface area contributed by atoms with Gasteiger partial charge in [-0.15, -0.1) is 0 Å². The van der Waals surface area contributed by atoms with Gasteiger partial charge in [0.1, 0.15) is 11.9 Å². The number of benzene rings is 2. The van der Waals surface area contributed by atoms with Crippen molar-refractivity contribution in [2.75, 3.05) is 0 Å². The van der Waals surface area contributed by atoms with Gasteiger partial charge in [0.05, 0.1) is 9.37 Å². The molecule has 0 bridgehead atoms. The highest BCUT2D eigenvalue weighted by molar-refractivity contribution is 9.10. The smallest absolute Gasteiger partial charge is 0.294 e. The van der Waals surface area contributed by atoms with Gasteiger partial charge < -0.3 is 4.74 Å². The Hall–Kier alpha value is -1.37. The first-order valence-electron chi connectivity index (χ1n) is 6.85. The van der Waals surface area contributed by atoms with E-state index in [9.17, 15) is 13.0 Å². The average molecular weight is 383 g/mol. The van der Waals surface area contributed by atoms with Crippen LogP contribution in [0, 0.1) is 6.92 Å². The van der Waals surface area contributed by atoms with Crippen LogP contribution < -0.4 is 4.74 Å². The largest absolute Gasteiger partial charge is 0.488 e. The molecule has 1 atom stereocenters. The summed E-state index contributed by atoms with van der Waals surface area (Å²) in [5, 5.41) is 0. The lowest BCUT2D eigenvalue weighted by molar-refractivity contribution is 0.231. The molecular weight excluding hydrogens is 368 g/mol. The molecule has 1 N–H and O–H groups in total. The lowest BCUT2D eigenvalue weighted by Gasteiger charge is -2.14. The quantitative estimate of drug-likeness (QED) is 0.824. The zero-order valence-corrected chi connectivity index (χ0v) is 14.3. The van der Waals surface area contributed by atoms with E-state index in [-0.39, 0.29) is 11.0 Å². The molecule has 0 fully saturated rings. The number of rotatable bonds is 3. The van der Waals surface area contributed by atoms with Gasteiger partial charge in [-0.05, 0) is 46.1 Å². The summed E-state index contributed by atoms with van der Waals surface area (Å²) >= 11 is 3.46. The van der Waals surface area contributed by atoms with Gasteiger partial charge in [0.15, 0.2) is 0 Å². The topological polar surface area (TPSA) is 63.6 Å². The maximum absolute atomic E-state index is 11.5. The molecule has 0 saturated carbocycles. The summed E-state index contributed by atoms with van der Waals surface area (Å²) in [5.74, 6) is 0.813. The molecule has 0 aliphatic carbocycles. The van der Waals surface area contributed by atoms with E-state index in [0.29, 0.717) is 18.4 Å². The van der Waals surface area contributed by atoms with E-state index in [1.165, 1.54) is 6.07 Å². The molecule has 4 nitrogen and oxygen atoms in total. The Morgan fingerprint density at radius 3 is 2.77 bits per heavy atom. The van der Waals surface area contributed by atoms with E-state index < -0.39 is 10.1 Å². The fraction of sp³-hybridized carbons (Fsp3) is 0.250. The van der Waals surface area contributed by atoms with E-state index in [0.717, 1.165) is 21.3 Å². The van der Waals surface area contributed by atoms with Crippen LogP contribution in [-0.2, 0) is 23.0 Å². The van der Waals surface area contributed by atoms with Crippen LogP contribution in [0.4, 0.5) is 0 Å². The summed E-state index contributed by atoms with van der Waals surface area (Å²) < 4.78 is 39.2. The van der Waals surface area contributed by atoms with Gasteiger partial charge in [-0.2, -0.15) is 8.42 Å². The highest BCUT2D eigenvalue weighted by Crippen LogP contribution is 2.37. The van der Waals surface area contributed by atoms with Crippen LogP contribution in [-0.4, -0.2) is 19.1 Å². The van der Waals surface area contributed by atoms with Crippen molar-refractivity contribution in [3.05, 3.63) is 57.6 Å². The van der Waals surface area contributed by atoms with Gasteiger partial charge in [0.25, 0.3) is 10.1 Å². The molecule has 2 aromatic carbocycles. The molecule has 2 aromatic rings. The van der Waals surface area contributed by atoms with Gasteiger partial charge in [-0.3, -0.25) is 4.55 Å². The van der Waals surface area contributed by atoms with Gasteiger partial charge in [-0.25, -0.2) is 0 Å². The monoisotopic (exact) mass is 382 g/mol. The number of ether oxygens (including phenoxy) is 1. The van der Waals surface area contributed by atoms with Crippen LogP contribution >= 0.6 is 15.9 Å². The van der Waals surface area contributed by atoms with Crippen molar-refractivity contribution in [2.24, 2.45) is 0 Å². The minimum Gasteiger partial charge on any atom is -0.488 e. The number of aryl methyl sites for hydroxylation is 1. The summed E-state index contributed by atoms with van der Waals surface area (Å²) in [5.41, 5.74) is 2.62. The van der Waals surface area contributed by atoms with Gasteiger partial charge in [0.2, 0.25) is 0 Å². The third-order valence-electron chi connectivity index (χ3n) is 3.72. The molecule has 1 aliphatic heterocycles. The van der Waals surface area contributed by atoms with Crippen molar-refractivity contribution < 1.29 is 17.7 Å². The van der Waals surface area contributed by atoms with Crippen molar-refractivity contribution in [1.29, 1.82) is 0 Å². The Kier molecular flexibility index (Phi) is 4.01. The Labute approximate surface area is 138 Å². The first kappa shape index (κ1) is 15.5. The lowest BCUT2D eigenvalue weighted by Crippen LogP contribution is -2.18. The number of para-hydroxylation sites is 1. The molecule has 0 aromatic heterocycles. The maximum atomic E-state index is 11.5. The summed E-state index contributed by atoms with van der Waals surface area (Å²) in [4.78, 5) is -0.0447. The average Bonchev–Trinajstić information content (AvgIpc) is 2.81. The van der Waals surface area contributed by atoms with E-state index in [1.54, 1.807) is 12.1 Å². The SMILES string of the molecule is Cc1ccc(S(=O)(=O)O)c(CC2Cc3cccc(Br)c3O2)c1. The van der Waals surface area contributed by atoms with Gasteiger partial charge in [0, 0.05) is 12.8 Å². The van der Waals surface area contributed by atoms with Crippen LogP contribution in [0.5, 0.6) is 5.75 Å². The molecule has 1 unspecified atom stereocenters. The fourth-order valence-corrected chi connectivity index (χ4v) is 3.99. The second-order valence-electron chi connectivity index (χ2n) is 5.46. The third-order valence-corrected chi connectivity index (χ3v) is 5.30. The van der Waals surface area contributed by atoms with Gasteiger partial charge in [-0.1, -0.05) is 29.8 Å². The molecule has 0 saturated heterocycles. The molecular formula is C16H15BrO4S. The van der Waals surface area contributed by atoms with Crippen LogP contribution in [0.3, 0.4) is 0 Å². The van der Waals surface area contributed by atoms with Crippen molar-refractivity contribution >= 4 is 26.0 Å². The Balaban J connectivity index is 1.90. The van der Waals surface area contributed by atoms with E-state index >= 15 is 0 Å². The summed E-state index contributed by atoms with van der Waals surface area (Å²) in [7, 11) is -4.23. The minimum atomic E-state index is -4.23. The van der Waals surface area contributed by atoms with Crippen molar-refractivity contribution in [2.45, 2.75) is 30.8 Å². The maximum Gasteiger partial charge on any atom is 0.294 e. The Bertz CT molecular complexity index is 830. The highest BCUT2D eigenvalue weighted by Gasteiger charge is 2.27. The summed E-state index contributed by atoms with van der Waals surface area (Å²) in [6.07, 6.45) is 1.00. The predicted molar refractivity (Wildman–Crippen MR) is 87.0 cm³/mol. The molecule has 116 valence electrons. The highest BCUT2D eigenvalue weighted by atomic mass is 79.9. The fourth-order valence-electron chi connectivity index (χ4n) is 2.78. The van der Waals surface area contributed by atoms with Crippen molar-refractivity contribution in [3.63, 3.8) is 0 Å². The summed E-state index contributed by atoms with van der Waals surface area (Å²) in [6, 6.07) is 10.8. The van der Waals surface area contributed by atoms with Crippen molar-refractivity contribution in [1.82, 2.24) is 0 Å². The van der Waals surface area contributed by atoms with Gasteiger partial charge >= 0.3 is 0 Å². The number of fused-ring (bicyclic) bond motifs is 1. The molecule has 0 radical (unpaired) electrons. The predicted octanol–water partition coefficient (Wildman–Crippen LogP) is 3.55. The van der Waals surface area contributed by atoms with Crippen molar-refractivity contribution in [3.8, 4) is 5.75 Å². The Morgan fingerprint density at radius 1 is 1.32 bits per heavy atom. The summed E-state index contributed by atoms with van der Waals surface area (Å²) in [6.45, 7) is 1.89. The molecule has 1 heterocycles. The van der Waals surface area contributed by atoms with E-state index in [4.69, 9.17) is 4.74 Å². The molecule has 0 spiro atoms. The van der Waals surface area contributed by atoms with E-state index in [2.05, 4.69) is 15.9 Å². The minimum absolute atomic E-state index is 0.0447.